The van der Waals surface area contributed by atoms with E-state index in [2.05, 4.69) is 20.4 Å². The molecule has 0 unspecified atom stereocenters. The number of Topliss-reactive ketones (excluding diaryl/α,β-unsaturated/α-hetero) is 1. The van der Waals surface area contributed by atoms with Gasteiger partial charge in [0.15, 0.2) is 5.78 Å². The van der Waals surface area contributed by atoms with E-state index in [1.165, 1.54) is 0 Å². The lowest BCUT2D eigenvalue weighted by Crippen LogP contribution is -2.26. The fourth-order valence-electron chi connectivity index (χ4n) is 1.23. The number of hydrogen-bond donors (Lipinski definition) is 0. The second-order valence-electron chi connectivity index (χ2n) is 3.00. The highest BCUT2D eigenvalue weighted by molar-refractivity contribution is 5.85. The van der Waals surface area contributed by atoms with Crippen LogP contribution < -0.4 is 0 Å². The highest BCUT2D eigenvalue weighted by Gasteiger charge is 2.23. The Balaban J connectivity index is 2.63. The van der Waals surface area contributed by atoms with E-state index in [1.807, 2.05) is 4.90 Å². The predicted molar refractivity (Wildman–Crippen MR) is 40.6 cm³/mol. The Hall–Kier alpha value is -0.790. The Morgan fingerprint density at radius 1 is 1.60 bits per heavy atom. The molecule has 0 saturated carbocycles. The standard InChI is InChI=1S/C8H13NO/c1-6(2)9-5-8(10)4-7(9)3/h6H,3-5H2,1-2H3. The van der Waals surface area contributed by atoms with Crippen LogP contribution in [0.15, 0.2) is 12.3 Å². The second kappa shape index (κ2) is 2.45. The molecule has 0 aromatic carbocycles. The molecule has 0 aromatic rings. The number of carbonyl (C=O) groups excluding carboxylic acids is 1. The number of nitrogens with zero attached hydrogens (tertiary/aromatic N) is 1. The number of hydrogen-bond acceptors (Lipinski definition) is 2. The highest BCUT2D eigenvalue weighted by Crippen LogP contribution is 2.18. The number of allylic oxidation sites excluding steroid dienone is 1. The smallest absolute Gasteiger partial charge is 0.157 e. The summed E-state index contributed by atoms with van der Waals surface area (Å²) in [6.07, 6.45) is 0.554. The minimum atomic E-state index is 0.290. The van der Waals surface area contributed by atoms with Gasteiger partial charge in [-0.15, -0.1) is 0 Å². The van der Waals surface area contributed by atoms with Crippen molar-refractivity contribution < 1.29 is 4.79 Å². The summed E-state index contributed by atoms with van der Waals surface area (Å²) >= 11 is 0. The Labute approximate surface area is 61.5 Å². The molecule has 0 aliphatic carbocycles. The summed E-state index contributed by atoms with van der Waals surface area (Å²) in [5, 5.41) is 0. The van der Waals surface area contributed by atoms with Crippen LogP contribution >= 0.6 is 0 Å². The fourth-order valence-corrected chi connectivity index (χ4v) is 1.23. The largest absolute Gasteiger partial charge is 0.365 e. The SMILES string of the molecule is C=C1CC(=O)CN1C(C)C. The molecule has 1 rings (SSSR count). The van der Waals surface area contributed by atoms with Gasteiger partial charge in [-0.05, 0) is 13.8 Å². The van der Waals surface area contributed by atoms with E-state index < -0.39 is 0 Å². The lowest BCUT2D eigenvalue weighted by Gasteiger charge is -2.22. The maximum absolute atomic E-state index is 10.9. The lowest BCUT2D eigenvalue weighted by molar-refractivity contribution is -0.117. The lowest BCUT2D eigenvalue weighted by atomic mass is 10.3. The van der Waals surface area contributed by atoms with Gasteiger partial charge < -0.3 is 4.90 Å². The van der Waals surface area contributed by atoms with Crippen molar-refractivity contribution >= 4 is 5.78 Å². The van der Waals surface area contributed by atoms with Crippen molar-refractivity contribution in [2.24, 2.45) is 0 Å². The Bertz CT molecular complexity index is 172. The molecule has 1 heterocycles. The third kappa shape index (κ3) is 1.20. The van der Waals surface area contributed by atoms with Crippen LogP contribution in [0.3, 0.4) is 0 Å². The Morgan fingerprint density at radius 3 is 2.40 bits per heavy atom. The van der Waals surface area contributed by atoms with Crippen molar-refractivity contribution in [3.05, 3.63) is 12.3 Å². The van der Waals surface area contributed by atoms with Gasteiger partial charge in [0, 0.05) is 18.2 Å². The molecule has 1 fully saturated rings. The van der Waals surface area contributed by atoms with Crippen LogP contribution in [-0.4, -0.2) is 23.3 Å². The van der Waals surface area contributed by atoms with E-state index >= 15 is 0 Å². The van der Waals surface area contributed by atoms with Gasteiger partial charge in [-0.1, -0.05) is 6.58 Å². The van der Waals surface area contributed by atoms with E-state index in [0.717, 1.165) is 5.70 Å². The molecule has 0 aromatic heterocycles. The summed E-state index contributed by atoms with van der Waals surface area (Å²) in [6.45, 7) is 8.52. The van der Waals surface area contributed by atoms with E-state index in [-0.39, 0.29) is 0 Å². The third-order valence-corrected chi connectivity index (χ3v) is 1.78. The van der Waals surface area contributed by atoms with Crippen LogP contribution in [0.2, 0.25) is 0 Å². The molecule has 56 valence electrons. The average Bonchev–Trinajstić information content (AvgIpc) is 2.10. The molecule has 1 saturated heterocycles. The molecule has 0 spiro atoms. The normalized spacial score (nSPS) is 19.3. The predicted octanol–water partition coefficient (Wildman–Crippen LogP) is 1.18. The molecule has 0 N–H and O–H groups in total. The maximum Gasteiger partial charge on any atom is 0.157 e. The summed E-state index contributed by atoms with van der Waals surface area (Å²) in [5.74, 6) is 0.290. The first-order chi connectivity index (χ1) is 4.61. The molecule has 1 aliphatic rings. The van der Waals surface area contributed by atoms with Crippen LogP contribution in [0.5, 0.6) is 0 Å². The summed E-state index contributed by atoms with van der Waals surface area (Å²) < 4.78 is 0. The molecule has 0 atom stereocenters. The molecular formula is C8H13NO. The molecule has 2 heteroatoms. The average molecular weight is 139 g/mol. The van der Waals surface area contributed by atoms with Gasteiger partial charge in [0.25, 0.3) is 0 Å². The Kier molecular flexibility index (Phi) is 1.79. The topological polar surface area (TPSA) is 20.3 Å². The van der Waals surface area contributed by atoms with Gasteiger partial charge in [0.1, 0.15) is 0 Å². The van der Waals surface area contributed by atoms with Crippen molar-refractivity contribution in [3.8, 4) is 0 Å². The van der Waals surface area contributed by atoms with Crippen molar-refractivity contribution in [2.45, 2.75) is 26.3 Å². The van der Waals surface area contributed by atoms with Crippen molar-refractivity contribution in [1.82, 2.24) is 4.90 Å². The molecule has 0 amide bonds. The van der Waals surface area contributed by atoms with Gasteiger partial charge in [-0.2, -0.15) is 0 Å². The highest BCUT2D eigenvalue weighted by atomic mass is 16.1. The first kappa shape index (κ1) is 7.32. The van der Waals surface area contributed by atoms with Gasteiger partial charge in [0.05, 0.1) is 6.54 Å². The summed E-state index contributed by atoms with van der Waals surface area (Å²) in [5.41, 5.74) is 0.972. The molecule has 2 nitrogen and oxygen atoms in total. The fraction of sp³-hybridized carbons (Fsp3) is 0.625. The van der Waals surface area contributed by atoms with Gasteiger partial charge in [-0.25, -0.2) is 0 Å². The van der Waals surface area contributed by atoms with E-state index in [4.69, 9.17) is 0 Å². The summed E-state index contributed by atoms with van der Waals surface area (Å²) in [7, 11) is 0. The van der Waals surface area contributed by atoms with E-state index in [9.17, 15) is 4.79 Å². The van der Waals surface area contributed by atoms with Crippen molar-refractivity contribution in [2.75, 3.05) is 6.54 Å². The van der Waals surface area contributed by atoms with Crippen LogP contribution in [0.25, 0.3) is 0 Å². The maximum atomic E-state index is 10.9. The molecule has 0 bridgehead atoms. The number of carbonyl (C=O) groups is 1. The molecule has 0 radical (unpaired) electrons. The van der Waals surface area contributed by atoms with Crippen LogP contribution in [0.1, 0.15) is 20.3 Å². The van der Waals surface area contributed by atoms with Crippen molar-refractivity contribution in [1.29, 1.82) is 0 Å². The number of ketones is 1. The quantitative estimate of drug-likeness (QED) is 0.543. The van der Waals surface area contributed by atoms with E-state index in [0.29, 0.717) is 24.8 Å². The first-order valence-electron chi connectivity index (χ1n) is 3.57. The number of likely N-dealkylation sites (tertiary alicyclic amines) is 1. The van der Waals surface area contributed by atoms with E-state index in [1.54, 1.807) is 0 Å². The summed E-state index contributed by atoms with van der Waals surface area (Å²) in [4.78, 5) is 12.9. The van der Waals surface area contributed by atoms with Crippen molar-refractivity contribution in [3.63, 3.8) is 0 Å². The zero-order chi connectivity index (χ0) is 7.72. The minimum absolute atomic E-state index is 0.290. The third-order valence-electron chi connectivity index (χ3n) is 1.78. The monoisotopic (exact) mass is 139 g/mol. The molecular weight excluding hydrogens is 126 g/mol. The summed E-state index contributed by atoms with van der Waals surface area (Å²) in [6, 6.07) is 0.416. The minimum Gasteiger partial charge on any atom is -0.365 e. The molecule has 10 heavy (non-hydrogen) atoms. The number of rotatable bonds is 1. The van der Waals surface area contributed by atoms with Crippen LogP contribution in [0, 0.1) is 0 Å². The van der Waals surface area contributed by atoms with Gasteiger partial charge in [-0.3, -0.25) is 4.79 Å². The van der Waals surface area contributed by atoms with Crippen LogP contribution in [0.4, 0.5) is 0 Å². The second-order valence-corrected chi connectivity index (χ2v) is 3.00. The zero-order valence-corrected chi connectivity index (χ0v) is 6.55. The van der Waals surface area contributed by atoms with Crippen LogP contribution in [-0.2, 0) is 4.79 Å². The molecule has 1 aliphatic heterocycles. The van der Waals surface area contributed by atoms with Gasteiger partial charge in [0.2, 0.25) is 0 Å². The Morgan fingerprint density at radius 2 is 2.20 bits per heavy atom. The zero-order valence-electron chi connectivity index (χ0n) is 6.55. The first-order valence-corrected chi connectivity index (χ1v) is 3.57. The van der Waals surface area contributed by atoms with Gasteiger partial charge >= 0.3 is 0 Å².